The van der Waals surface area contributed by atoms with Crippen molar-refractivity contribution in [3.8, 4) is 5.75 Å². The minimum atomic E-state index is -1.29. The molecule has 2 aliphatic heterocycles. The molecule has 0 radical (unpaired) electrons. The molecule has 2 aromatic rings. The molecule has 1 spiro atoms. The Hall–Kier alpha value is -2.37. The quantitative estimate of drug-likeness (QED) is 0.859. The van der Waals surface area contributed by atoms with Crippen molar-refractivity contribution >= 4 is 11.6 Å². The molecule has 1 fully saturated rings. The van der Waals surface area contributed by atoms with E-state index >= 15 is 0 Å². The van der Waals surface area contributed by atoms with Crippen LogP contribution >= 0.6 is 0 Å². The summed E-state index contributed by atoms with van der Waals surface area (Å²) in [5.74, 6) is -0.662. The van der Waals surface area contributed by atoms with Crippen LogP contribution in [0.2, 0.25) is 0 Å². The summed E-state index contributed by atoms with van der Waals surface area (Å²) >= 11 is 0. The largest absolute Gasteiger partial charge is 0.494 e. The zero-order valence-electron chi connectivity index (χ0n) is 14.5. The SMILES string of the molecule is CCOc1ccccc1CN1C(=O)C2(OCCO2)c2cccc(C)c21. The van der Waals surface area contributed by atoms with Crippen molar-refractivity contribution in [1.82, 2.24) is 0 Å². The fraction of sp³-hybridized carbons (Fsp3) is 0.350. The number of aryl methyl sites for hydroxylation is 1. The molecule has 0 bridgehead atoms. The van der Waals surface area contributed by atoms with Crippen LogP contribution in [-0.4, -0.2) is 25.7 Å². The number of anilines is 1. The number of ether oxygens (including phenoxy) is 3. The van der Waals surface area contributed by atoms with Crippen molar-refractivity contribution in [1.29, 1.82) is 0 Å². The second-order valence-corrected chi connectivity index (χ2v) is 6.22. The van der Waals surface area contributed by atoms with Crippen molar-refractivity contribution in [3.63, 3.8) is 0 Å². The summed E-state index contributed by atoms with van der Waals surface area (Å²) < 4.78 is 17.3. The predicted octanol–water partition coefficient (Wildman–Crippen LogP) is 3.14. The van der Waals surface area contributed by atoms with Crippen LogP contribution in [0.15, 0.2) is 42.5 Å². The molecule has 0 saturated carbocycles. The molecule has 5 heteroatoms. The summed E-state index contributed by atoms with van der Waals surface area (Å²) in [6.07, 6.45) is 0. The summed E-state index contributed by atoms with van der Waals surface area (Å²) in [5.41, 5.74) is 3.65. The van der Waals surface area contributed by atoms with E-state index in [1.54, 1.807) is 4.90 Å². The Morgan fingerprint density at radius 3 is 2.64 bits per heavy atom. The highest BCUT2D eigenvalue weighted by atomic mass is 16.7. The lowest BCUT2D eigenvalue weighted by atomic mass is 10.0. The summed E-state index contributed by atoms with van der Waals surface area (Å²) in [5, 5.41) is 0. The number of rotatable bonds is 4. The highest BCUT2D eigenvalue weighted by Gasteiger charge is 2.56. The van der Waals surface area contributed by atoms with E-state index in [0.717, 1.165) is 28.1 Å². The lowest BCUT2D eigenvalue weighted by Gasteiger charge is -2.23. The Kier molecular flexibility index (Phi) is 3.98. The molecule has 5 nitrogen and oxygen atoms in total. The fourth-order valence-corrected chi connectivity index (χ4v) is 3.62. The normalized spacial score (nSPS) is 18.0. The molecule has 25 heavy (non-hydrogen) atoms. The van der Waals surface area contributed by atoms with Crippen LogP contribution in [0, 0.1) is 6.92 Å². The maximum absolute atomic E-state index is 13.2. The van der Waals surface area contributed by atoms with E-state index in [2.05, 4.69) is 0 Å². The van der Waals surface area contributed by atoms with Crippen molar-refractivity contribution < 1.29 is 19.0 Å². The first-order valence-electron chi connectivity index (χ1n) is 8.58. The molecule has 0 atom stereocenters. The number of hydrogen-bond acceptors (Lipinski definition) is 4. The van der Waals surface area contributed by atoms with Gasteiger partial charge in [-0.15, -0.1) is 0 Å². The summed E-state index contributed by atoms with van der Waals surface area (Å²) in [4.78, 5) is 15.0. The zero-order chi connectivity index (χ0) is 17.4. The molecule has 2 aliphatic rings. The molecule has 0 N–H and O–H groups in total. The lowest BCUT2D eigenvalue weighted by Crippen LogP contribution is -2.41. The van der Waals surface area contributed by atoms with Crippen LogP contribution < -0.4 is 9.64 Å². The van der Waals surface area contributed by atoms with Crippen molar-refractivity contribution in [2.75, 3.05) is 24.7 Å². The molecule has 1 amide bonds. The van der Waals surface area contributed by atoms with E-state index in [0.29, 0.717) is 26.4 Å². The number of carbonyl (C=O) groups excluding carboxylic acids is 1. The molecule has 1 saturated heterocycles. The second kappa shape index (κ2) is 6.17. The average molecular weight is 339 g/mol. The molecule has 4 rings (SSSR count). The number of carbonyl (C=O) groups is 1. The standard InChI is InChI=1S/C20H21NO4/c1-3-23-17-10-5-4-8-15(17)13-21-18-14(2)7-6-9-16(18)20(19(21)22)24-11-12-25-20/h4-10H,3,11-13H2,1-2H3. The van der Waals surface area contributed by atoms with Gasteiger partial charge in [-0.25, -0.2) is 0 Å². The third kappa shape index (κ3) is 2.42. The second-order valence-electron chi connectivity index (χ2n) is 6.22. The highest BCUT2D eigenvalue weighted by molar-refractivity contribution is 6.07. The first kappa shape index (κ1) is 16.1. The molecule has 2 heterocycles. The van der Waals surface area contributed by atoms with E-state index < -0.39 is 5.79 Å². The van der Waals surface area contributed by atoms with Crippen LogP contribution in [0.25, 0.3) is 0 Å². The molecule has 0 aromatic heterocycles. The number of benzene rings is 2. The van der Waals surface area contributed by atoms with Gasteiger partial charge in [0.1, 0.15) is 5.75 Å². The Morgan fingerprint density at radius 1 is 1.12 bits per heavy atom. The van der Waals surface area contributed by atoms with Gasteiger partial charge in [-0.1, -0.05) is 36.4 Å². The van der Waals surface area contributed by atoms with Gasteiger partial charge in [-0.05, 0) is 25.5 Å². The van der Waals surface area contributed by atoms with Gasteiger partial charge in [0.25, 0.3) is 11.7 Å². The molecule has 2 aromatic carbocycles. The number of fused-ring (bicyclic) bond motifs is 2. The molecule has 0 aliphatic carbocycles. The average Bonchev–Trinajstić information content (AvgIpc) is 3.19. The summed E-state index contributed by atoms with van der Waals surface area (Å²) in [6, 6.07) is 13.7. The van der Waals surface area contributed by atoms with Crippen LogP contribution in [-0.2, 0) is 26.6 Å². The van der Waals surface area contributed by atoms with Gasteiger partial charge in [0.2, 0.25) is 0 Å². The summed E-state index contributed by atoms with van der Waals surface area (Å²) in [6.45, 7) is 5.79. The number of nitrogens with zero attached hydrogens (tertiary/aromatic N) is 1. The molecular weight excluding hydrogens is 318 g/mol. The number of para-hydroxylation sites is 2. The highest BCUT2D eigenvalue weighted by Crippen LogP contribution is 2.47. The fourth-order valence-electron chi connectivity index (χ4n) is 3.62. The van der Waals surface area contributed by atoms with Gasteiger partial charge in [-0.2, -0.15) is 0 Å². The van der Waals surface area contributed by atoms with E-state index in [-0.39, 0.29) is 5.91 Å². The smallest absolute Gasteiger partial charge is 0.292 e. The Bertz CT molecular complexity index is 811. The van der Waals surface area contributed by atoms with Crippen molar-refractivity contribution in [2.45, 2.75) is 26.2 Å². The first-order chi connectivity index (χ1) is 12.2. The third-order valence-corrected chi connectivity index (χ3v) is 4.68. The first-order valence-corrected chi connectivity index (χ1v) is 8.58. The Morgan fingerprint density at radius 2 is 1.88 bits per heavy atom. The van der Waals surface area contributed by atoms with Gasteiger partial charge in [0, 0.05) is 11.1 Å². The molecule has 130 valence electrons. The van der Waals surface area contributed by atoms with E-state index in [4.69, 9.17) is 14.2 Å². The third-order valence-electron chi connectivity index (χ3n) is 4.68. The Balaban J connectivity index is 1.78. The predicted molar refractivity (Wildman–Crippen MR) is 93.6 cm³/mol. The minimum absolute atomic E-state index is 0.166. The van der Waals surface area contributed by atoms with Gasteiger partial charge >= 0.3 is 0 Å². The molecule has 0 unspecified atom stereocenters. The minimum Gasteiger partial charge on any atom is -0.494 e. The number of hydrogen-bond donors (Lipinski definition) is 0. The van der Waals surface area contributed by atoms with Crippen LogP contribution in [0.5, 0.6) is 5.75 Å². The van der Waals surface area contributed by atoms with Crippen LogP contribution in [0.4, 0.5) is 5.69 Å². The van der Waals surface area contributed by atoms with E-state index in [1.165, 1.54) is 0 Å². The molecular formula is C20H21NO4. The van der Waals surface area contributed by atoms with Crippen LogP contribution in [0.1, 0.15) is 23.6 Å². The lowest BCUT2D eigenvalue weighted by molar-refractivity contribution is -0.180. The van der Waals surface area contributed by atoms with Gasteiger partial charge in [0.05, 0.1) is 32.1 Å². The van der Waals surface area contributed by atoms with Crippen molar-refractivity contribution in [2.24, 2.45) is 0 Å². The zero-order valence-corrected chi connectivity index (χ0v) is 14.5. The van der Waals surface area contributed by atoms with Crippen LogP contribution in [0.3, 0.4) is 0 Å². The van der Waals surface area contributed by atoms with E-state index in [9.17, 15) is 4.79 Å². The summed E-state index contributed by atoms with van der Waals surface area (Å²) in [7, 11) is 0. The monoisotopic (exact) mass is 339 g/mol. The van der Waals surface area contributed by atoms with Gasteiger partial charge in [0.15, 0.2) is 0 Å². The number of amides is 1. The maximum Gasteiger partial charge on any atom is 0.292 e. The van der Waals surface area contributed by atoms with E-state index in [1.807, 2.05) is 56.3 Å². The van der Waals surface area contributed by atoms with Gasteiger partial charge < -0.3 is 19.1 Å². The van der Waals surface area contributed by atoms with Gasteiger partial charge in [-0.3, -0.25) is 4.79 Å². The van der Waals surface area contributed by atoms with Crippen molar-refractivity contribution in [3.05, 3.63) is 59.2 Å². The Labute approximate surface area is 147 Å². The maximum atomic E-state index is 13.2. The topological polar surface area (TPSA) is 48.0 Å².